The monoisotopic (exact) mass is 344 g/mol. The third-order valence-corrected chi connectivity index (χ3v) is 6.44. The summed E-state index contributed by atoms with van der Waals surface area (Å²) in [5, 5.41) is 0.830. The molecule has 0 aliphatic carbocycles. The van der Waals surface area contributed by atoms with Crippen molar-refractivity contribution in [3.05, 3.63) is 55.9 Å². The van der Waals surface area contributed by atoms with Gasteiger partial charge in [-0.3, -0.25) is 4.79 Å². The van der Waals surface area contributed by atoms with Crippen LogP contribution in [-0.4, -0.2) is 9.97 Å². The van der Waals surface area contributed by atoms with E-state index in [-0.39, 0.29) is 10.8 Å². The summed E-state index contributed by atoms with van der Waals surface area (Å²) in [6, 6.07) is 6.45. The summed E-state index contributed by atoms with van der Waals surface area (Å²) in [5.41, 5.74) is 3.59. The lowest BCUT2D eigenvalue weighted by Crippen LogP contribution is -2.12. The van der Waals surface area contributed by atoms with Gasteiger partial charge in [-0.1, -0.05) is 6.07 Å². The molecule has 0 saturated carbocycles. The van der Waals surface area contributed by atoms with Gasteiger partial charge in [0.2, 0.25) is 0 Å². The molecule has 1 atom stereocenters. The standard InChI is InChI=1S/C18H20N2OS2/c1-9-6-7-14(8-10(9)2)22-13(5)16-19-17(21)15-11(3)12(4)23-18(15)20-16/h6-8,13H,1-5H3,(H,19,20,21)/t13-/m1/s1. The van der Waals surface area contributed by atoms with Crippen LogP contribution in [0.1, 0.15) is 39.6 Å². The second kappa shape index (κ2) is 6.13. The Morgan fingerprint density at radius 2 is 1.91 bits per heavy atom. The van der Waals surface area contributed by atoms with Gasteiger partial charge in [-0.25, -0.2) is 4.98 Å². The largest absolute Gasteiger partial charge is 0.309 e. The molecule has 3 nitrogen and oxygen atoms in total. The maximum Gasteiger partial charge on any atom is 0.259 e. The zero-order valence-electron chi connectivity index (χ0n) is 14.0. The highest BCUT2D eigenvalue weighted by molar-refractivity contribution is 7.99. The molecule has 0 aliphatic rings. The van der Waals surface area contributed by atoms with E-state index >= 15 is 0 Å². The number of aryl methyl sites for hydroxylation is 4. The maximum atomic E-state index is 12.4. The first-order chi connectivity index (χ1) is 10.9. The first-order valence-electron chi connectivity index (χ1n) is 7.60. The molecule has 0 aliphatic heterocycles. The fourth-order valence-corrected chi connectivity index (χ4v) is 4.57. The molecule has 1 N–H and O–H groups in total. The van der Waals surface area contributed by atoms with Crippen LogP contribution in [0.5, 0.6) is 0 Å². The van der Waals surface area contributed by atoms with E-state index in [9.17, 15) is 4.79 Å². The molecule has 1 aromatic carbocycles. The van der Waals surface area contributed by atoms with E-state index in [1.165, 1.54) is 16.0 Å². The molecule has 120 valence electrons. The predicted octanol–water partition coefficient (Wildman–Crippen LogP) is 5.07. The van der Waals surface area contributed by atoms with Crippen LogP contribution in [0.4, 0.5) is 0 Å². The molecule has 5 heteroatoms. The van der Waals surface area contributed by atoms with Gasteiger partial charge < -0.3 is 4.98 Å². The van der Waals surface area contributed by atoms with E-state index in [0.717, 1.165) is 26.5 Å². The number of fused-ring (bicyclic) bond motifs is 1. The van der Waals surface area contributed by atoms with Crippen molar-refractivity contribution in [2.45, 2.75) is 44.8 Å². The molecule has 0 unspecified atom stereocenters. The number of rotatable bonds is 3. The summed E-state index contributed by atoms with van der Waals surface area (Å²) in [5.74, 6) is 0.743. The van der Waals surface area contributed by atoms with Gasteiger partial charge in [0, 0.05) is 9.77 Å². The molecule has 2 heterocycles. The molecule has 0 spiro atoms. The number of thiophene rings is 1. The number of aromatic nitrogens is 2. The van der Waals surface area contributed by atoms with Crippen molar-refractivity contribution < 1.29 is 0 Å². The van der Waals surface area contributed by atoms with Crippen molar-refractivity contribution in [2.24, 2.45) is 0 Å². The van der Waals surface area contributed by atoms with Gasteiger partial charge in [0.1, 0.15) is 10.7 Å². The lowest BCUT2D eigenvalue weighted by molar-refractivity contribution is 0.925. The second-order valence-corrected chi connectivity index (χ2v) is 8.54. The van der Waals surface area contributed by atoms with Crippen molar-refractivity contribution in [3.63, 3.8) is 0 Å². The van der Waals surface area contributed by atoms with Crippen LogP contribution < -0.4 is 5.56 Å². The molecule has 2 aromatic heterocycles. The smallest absolute Gasteiger partial charge is 0.259 e. The molecular weight excluding hydrogens is 324 g/mol. The highest BCUT2D eigenvalue weighted by Gasteiger charge is 2.16. The van der Waals surface area contributed by atoms with Crippen molar-refractivity contribution >= 4 is 33.3 Å². The summed E-state index contributed by atoms with van der Waals surface area (Å²) < 4.78 is 0. The highest BCUT2D eigenvalue weighted by atomic mass is 32.2. The number of thioether (sulfide) groups is 1. The highest BCUT2D eigenvalue weighted by Crippen LogP contribution is 2.35. The minimum Gasteiger partial charge on any atom is -0.309 e. The van der Waals surface area contributed by atoms with Crippen LogP contribution in [0, 0.1) is 27.7 Å². The Labute approximate surface area is 144 Å². The number of aromatic amines is 1. The molecule has 3 aromatic rings. The summed E-state index contributed by atoms with van der Waals surface area (Å²) >= 11 is 3.31. The summed E-state index contributed by atoms with van der Waals surface area (Å²) in [4.78, 5) is 23.2. The van der Waals surface area contributed by atoms with Crippen molar-refractivity contribution in [3.8, 4) is 0 Å². The fraction of sp³-hybridized carbons (Fsp3) is 0.333. The average molecular weight is 345 g/mol. The van der Waals surface area contributed by atoms with Crippen molar-refractivity contribution in [2.75, 3.05) is 0 Å². The first kappa shape index (κ1) is 16.3. The molecule has 0 saturated heterocycles. The van der Waals surface area contributed by atoms with Gasteiger partial charge in [-0.15, -0.1) is 23.1 Å². The topological polar surface area (TPSA) is 45.8 Å². The van der Waals surface area contributed by atoms with Crippen molar-refractivity contribution in [1.82, 2.24) is 9.97 Å². The van der Waals surface area contributed by atoms with Gasteiger partial charge in [0.05, 0.1) is 10.6 Å². The Hall–Kier alpha value is -1.59. The Morgan fingerprint density at radius 3 is 2.61 bits per heavy atom. The Bertz CT molecular complexity index is 940. The first-order valence-corrected chi connectivity index (χ1v) is 9.30. The number of hydrogen-bond acceptors (Lipinski definition) is 4. The van der Waals surface area contributed by atoms with E-state index < -0.39 is 0 Å². The summed E-state index contributed by atoms with van der Waals surface area (Å²) in [6.07, 6.45) is 0. The number of nitrogens with zero attached hydrogens (tertiary/aromatic N) is 1. The molecular formula is C18H20N2OS2. The molecule has 0 bridgehead atoms. The summed E-state index contributed by atoms with van der Waals surface area (Å²) in [6.45, 7) is 10.3. The number of nitrogens with one attached hydrogen (secondary N) is 1. The van der Waals surface area contributed by atoms with Crippen LogP contribution in [-0.2, 0) is 0 Å². The maximum absolute atomic E-state index is 12.4. The van der Waals surface area contributed by atoms with E-state index in [1.54, 1.807) is 23.1 Å². The molecule has 23 heavy (non-hydrogen) atoms. The zero-order chi connectivity index (χ0) is 16.7. The summed E-state index contributed by atoms with van der Waals surface area (Å²) in [7, 11) is 0. The van der Waals surface area contributed by atoms with Crippen LogP contribution in [0.15, 0.2) is 27.9 Å². The molecule has 3 rings (SSSR count). The van der Waals surface area contributed by atoms with Crippen LogP contribution in [0.2, 0.25) is 0 Å². The Morgan fingerprint density at radius 1 is 1.17 bits per heavy atom. The Kier molecular flexibility index (Phi) is 4.34. The lowest BCUT2D eigenvalue weighted by Gasteiger charge is -2.12. The van der Waals surface area contributed by atoms with Crippen LogP contribution in [0.3, 0.4) is 0 Å². The lowest BCUT2D eigenvalue weighted by atomic mass is 10.1. The van der Waals surface area contributed by atoms with Gasteiger partial charge in [-0.05, 0) is 63.4 Å². The molecule has 0 radical (unpaired) electrons. The average Bonchev–Trinajstić information content (AvgIpc) is 2.78. The van der Waals surface area contributed by atoms with E-state index in [4.69, 9.17) is 4.98 Å². The molecule has 0 fully saturated rings. The van der Waals surface area contributed by atoms with Gasteiger partial charge in [0.15, 0.2) is 0 Å². The number of H-pyrrole nitrogens is 1. The van der Waals surface area contributed by atoms with Crippen LogP contribution in [0.25, 0.3) is 10.2 Å². The van der Waals surface area contributed by atoms with Crippen molar-refractivity contribution in [1.29, 1.82) is 0 Å². The van der Waals surface area contributed by atoms with E-state index in [0.29, 0.717) is 0 Å². The second-order valence-electron chi connectivity index (χ2n) is 5.92. The SMILES string of the molecule is Cc1ccc(S[C@H](C)c2nc3sc(C)c(C)c3c(=O)[nH]2)cc1C. The minimum absolute atomic E-state index is 0.0283. The van der Waals surface area contributed by atoms with E-state index in [1.807, 2.05) is 13.8 Å². The van der Waals surface area contributed by atoms with Gasteiger partial charge >= 0.3 is 0 Å². The van der Waals surface area contributed by atoms with Gasteiger partial charge in [-0.2, -0.15) is 0 Å². The number of hydrogen-bond donors (Lipinski definition) is 1. The third kappa shape index (κ3) is 3.08. The zero-order valence-corrected chi connectivity index (χ0v) is 15.6. The van der Waals surface area contributed by atoms with Gasteiger partial charge in [0.25, 0.3) is 5.56 Å². The fourth-order valence-electron chi connectivity index (χ4n) is 2.51. The molecule has 0 amide bonds. The number of benzene rings is 1. The predicted molar refractivity (Wildman–Crippen MR) is 99.9 cm³/mol. The van der Waals surface area contributed by atoms with Crippen LogP contribution >= 0.6 is 23.1 Å². The quantitative estimate of drug-likeness (QED) is 0.675. The Balaban J connectivity index is 1.96. The minimum atomic E-state index is -0.0283. The third-order valence-electron chi connectivity index (χ3n) is 4.23. The van der Waals surface area contributed by atoms with E-state index in [2.05, 4.69) is 44.0 Å². The normalized spacial score (nSPS) is 12.7.